The van der Waals surface area contributed by atoms with Crippen LogP contribution in [0.3, 0.4) is 0 Å². The van der Waals surface area contributed by atoms with Gasteiger partial charge in [0.25, 0.3) is 0 Å². The first-order valence-electron chi connectivity index (χ1n) is 6.08. The third-order valence-corrected chi connectivity index (χ3v) is 3.53. The van der Waals surface area contributed by atoms with Gasteiger partial charge in [-0.15, -0.1) is 0 Å². The Morgan fingerprint density at radius 1 is 1.35 bits per heavy atom. The Bertz CT molecular complexity index is 353. The van der Waals surface area contributed by atoms with E-state index in [1.807, 2.05) is 12.1 Å². The highest BCUT2D eigenvalue weighted by molar-refractivity contribution is 6.30. The molecule has 1 aromatic rings. The predicted octanol–water partition coefficient (Wildman–Crippen LogP) is 1.89. The monoisotopic (exact) mass is 254 g/mol. The van der Waals surface area contributed by atoms with Crippen LogP contribution >= 0.6 is 11.6 Å². The molecule has 2 unspecified atom stereocenters. The number of aliphatic hydroxyl groups is 1. The highest BCUT2D eigenvalue weighted by Gasteiger charge is 2.27. The minimum absolute atomic E-state index is 0.225. The molecule has 2 N–H and O–H groups in total. The molecule has 4 heteroatoms. The minimum Gasteiger partial charge on any atom is -0.396 e. The highest BCUT2D eigenvalue weighted by atomic mass is 35.5. The number of benzene rings is 1. The van der Waals surface area contributed by atoms with E-state index in [0.29, 0.717) is 12.1 Å². The molecule has 2 atom stereocenters. The summed E-state index contributed by atoms with van der Waals surface area (Å²) in [6.07, 6.45) is 0.792. The molecule has 1 fully saturated rings. The average Bonchev–Trinajstić information content (AvgIpc) is 2.32. The van der Waals surface area contributed by atoms with Crippen molar-refractivity contribution in [1.29, 1.82) is 0 Å². The van der Waals surface area contributed by atoms with Crippen molar-refractivity contribution in [1.82, 2.24) is 5.32 Å². The van der Waals surface area contributed by atoms with Crippen LogP contribution in [0.1, 0.15) is 13.3 Å². The lowest BCUT2D eigenvalue weighted by Crippen LogP contribution is -2.56. The van der Waals surface area contributed by atoms with Gasteiger partial charge in [-0.3, -0.25) is 0 Å². The van der Waals surface area contributed by atoms with Crippen molar-refractivity contribution in [3.63, 3.8) is 0 Å². The number of hydrogen-bond acceptors (Lipinski definition) is 3. The molecule has 1 aromatic carbocycles. The maximum atomic E-state index is 9.14. The number of hydrogen-bond donors (Lipinski definition) is 2. The Hall–Kier alpha value is -0.770. The van der Waals surface area contributed by atoms with E-state index in [2.05, 4.69) is 29.3 Å². The topological polar surface area (TPSA) is 35.5 Å². The van der Waals surface area contributed by atoms with Crippen LogP contribution in [0.15, 0.2) is 24.3 Å². The highest BCUT2D eigenvalue weighted by Crippen LogP contribution is 2.25. The first-order chi connectivity index (χ1) is 8.22. The van der Waals surface area contributed by atoms with E-state index in [-0.39, 0.29) is 6.61 Å². The SMILES string of the molecule is CC1CNCC(CCO)N1c1ccc(Cl)cc1. The second kappa shape index (κ2) is 5.71. The Labute approximate surface area is 107 Å². The van der Waals surface area contributed by atoms with Gasteiger partial charge in [-0.2, -0.15) is 0 Å². The minimum atomic E-state index is 0.225. The van der Waals surface area contributed by atoms with Gasteiger partial charge in [0, 0.05) is 42.5 Å². The van der Waals surface area contributed by atoms with E-state index in [9.17, 15) is 0 Å². The van der Waals surface area contributed by atoms with Crippen LogP contribution in [-0.2, 0) is 0 Å². The van der Waals surface area contributed by atoms with Crippen molar-refractivity contribution in [3.05, 3.63) is 29.3 Å². The fraction of sp³-hybridized carbons (Fsp3) is 0.538. The summed E-state index contributed by atoms with van der Waals surface area (Å²) in [5.74, 6) is 0. The quantitative estimate of drug-likeness (QED) is 0.865. The van der Waals surface area contributed by atoms with Gasteiger partial charge < -0.3 is 15.3 Å². The summed E-state index contributed by atoms with van der Waals surface area (Å²) < 4.78 is 0. The predicted molar refractivity (Wildman–Crippen MR) is 71.8 cm³/mol. The molecule has 0 radical (unpaired) electrons. The molecule has 17 heavy (non-hydrogen) atoms. The van der Waals surface area contributed by atoms with Gasteiger partial charge in [0.15, 0.2) is 0 Å². The Balaban J connectivity index is 2.21. The molecule has 1 heterocycles. The summed E-state index contributed by atoms with van der Waals surface area (Å²) in [5, 5.41) is 13.3. The lowest BCUT2D eigenvalue weighted by molar-refractivity contribution is 0.259. The van der Waals surface area contributed by atoms with Crippen LogP contribution in [0.4, 0.5) is 5.69 Å². The maximum absolute atomic E-state index is 9.14. The lowest BCUT2D eigenvalue weighted by Gasteiger charge is -2.43. The largest absolute Gasteiger partial charge is 0.396 e. The van der Waals surface area contributed by atoms with Crippen LogP contribution < -0.4 is 10.2 Å². The van der Waals surface area contributed by atoms with Crippen LogP contribution in [-0.4, -0.2) is 36.9 Å². The molecule has 0 bridgehead atoms. The molecule has 94 valence electrons. The van der Waals surface area contributed by atoms with E-state index in [1.54, 1.807) is 0 Å². The van der Waals surface area contributed by atoms with Crippen LogP contribution in [0.5, 0.6) is 0 Å². The standard InChI is InChI=1S/C13H19ClN2O/c1-10-8-15-9-13(6-7-17)16(10)12-4-2-11(14)3-5-12/h2-5,10,13,15,17H,6-9H2,1H3. The van der Waals surface area contributed by atoms with Crippen LogP contribution in [0, 0.1) is 0 Å². The molecule has 1 aliphatic rings. The molecule has 2 rings (SSSR count). The normalized spacial score (nSPS) is 25.0. The smallest absolute Gasteiger partial charge is 0.0451 e. The maximum Gasteiger partial charge on any atom is 0.0451 e. The van der Waals surface area contributed by atoms with Crippen molar-refractivity contribution in [2.24, 2.45) is 0 Å². The third kappa shape index (κ3) is 2.92. The first-order valence-corrected chi connectivity index (χ1v) is 6.45. The van der Waals surface area contributed by atoms with Gasteiger partial charge in [-0.1, -0.05) is 11.6 Å². The van der Waals surface area contributed by atoms with E-state index in [0.717, 1.165) is 24.5 Å². The number of nitrogens with one attached hydrogen (secondary N) is 1. The zero-order chi connectivity index (χ0) is 12.3. The van der Waals surface area contributed by atoms with Crippen molar-refractivity contribution < 1.29 is 5.11 Å². The zero-order valence-corrected chi connectivity index (χ0v) is 10.8. The number of rotatable bonds is 3. The van der Waals surface area contributed by atoms with E-state index in [4.69, 9.17) is 16.7 Å². The lowest BCUT2D eigenvalue weighted by atomic mass is 10.0. The average molecular weight is 255 g/mol. The van der Waals surface area contributed by atoms with Crippen LogP contribution in [0.25, 0.3) is 0 Å². The molecule has 0 saturated carbocycles. The summed E-state index contributed by atoms with van der Waals surface area (Å²) in [6.45, 7) is 4.33. The first kappa shape index (κ1) is 12.7. The van der Waals surface area contributed by atoms with Gasteiger partial charge >= 0.3 is 0 Å². The molecule has 3 nitrogen and oxygen atoms in total. The number of piperazine rings is 1. The van der Waals surface area contributed by atoms with Crippen molar-refractivity contribution in [3.8, 4) is 0 Å². The fourth-order valence-corrected chi connectivity index (χ4v) is 2.61. The van der Waals surface area contributed by atoms with Gasteiger partial charge in [0.1, 0.15) is 0 Å². The number of nitrogens with zero attached hydrogens (tertiary/aromatic N) is 1. The molecule has 0 spiro atoms. The molecule has 0 aromatic heterocycles. The molecule has 0 aliphatic carbocycles. The number of aliphatic hydroxyl groups excluding tert-OH is 1. The van der Waals surface area contributed by atoms with E-state index >= 15 is 0 Å². The second-order valence-electron chi connectivity index (χ2n) is 4.56. The van der Waals surface area contributed by atoms with Crippen molar-refractivity contribution >= 4 is 17.3 Å². The molecule has 1 saturated heterocycles. The van der Waals surface area contributed by atoms with Crippen LogP contribution in [0.2, 0.25) is 5.02 Å². The van der Waals surface area contributed by atoms with Gasteiger partial charge in [-0.25, -0.2) is 0 Å². The summed E-state index contributed by atoms with van der Waals surface area (Å²) in [5.41, 5.74) is 1.18. The van der Waals surface area contributed by atoms with Crippen molar-refractivity contribution in [2.75, 3.05) is 24.6 Å². The van der Waals surface area contributed by atoms with Gasteiger partial charge in [0.05, 0.1) is 0 Å². The fourth-order valence-electron chi connectivity index (χ4n) is 2.48. The third-order valence-electron chi connectivity index (χ3n) is 3.28. The van der Waals surface area contributed by atoms with Gasteiger partial charge in [0.2, 0.25) is 0 Å². The number of halogens is 1. The summed E-state index contributed by atoms with van der Waals surface area (Å²) >= 11 is 5.91. The molecular formula is C13H19ClN2O. The Kier molecular flexibility index (Phi) is 4.26. The van der Waals surface area contributed by atoms with Crippen molar-refractivity contribution in [2.45, 2.75) is 25.4 Å². The number of anilines is 1. The summed E-state index contributed by atoms with van der Waals surface area (Å²) in [7, 11) is 0. The molecule has 1 aliphatic heterocycles. The summed E-state index contributed by atoms with van der Waals surface area (Å²) in [6, 6.07) is 8.72. The molecule has 0 amide bonds. The van der Waals surface area contributed by atoms with Gasteiger partial charge in [-0.05, 0) is 37.6 Å². The Morgan fingerprint density at radius 3 is 2.71 bits per heavy atom. The molecular weight excluding hydrogens is 236 g/mol. The Morgan fingerprint density at radius 2 is 2.06 bits per heavy atom. The van der Waals surface area contributed by atoms with E-state index < -0.39 is 0 Å². The van der Waals surface area contributed by atoms with E-state index in [1.165, 1.54) is 5.69 Å². The summed E-state index contributed by atoms with van der Waals surface area (Å²) in [4.78, 5) is 2.38. The second-order valence-corrected chi connectivity index (χ2v) is 4.99. The zero-order valence-electron chi connectivity index (χ0n) is 10.1.